The number of rotatable bonds is 7. The van der Waals surface area contributed by atoms with Crippen molar-refractivity contribution < 1.29 is 9.21 Å². The van der Waals surface area contributed by atoms with Gasteiger partial charge in [0.15, 0.2) is 10.1 Å². The van der Waals surface area contributed by atoms with E-state index in [0.717, 1.165) is 33.6 Å². The molecule has 2 heterocycles. The first kappa shape index (κ1) is 17.3. The van der Waals surface area contributed by atoms with Gasteiger partial charge < -0.3 is 9.73 Å². The minimum absolute atomic E-state index is 0.144. The van der Waals surface area contributed by atoms with Gasteiger partial charge in [0.25, 0.3) is 0 Å². The molecule has 2 aromatic heterocycles. The molecule has 0 spiro atoms. The Labute approximate surface area is 160 Å². The Hall–Kier alpha value is -2.12. The van der Waals surface area contributed by atoms with E-state index in [-0.39, 0.29) is 11.0 Å². The van der Waals surface area contributed by atoms with E-state index in [2.05, 4.69) is 27.6 Å². The van der Waals surface area contributed by atoms with Gasteiger partial charge in [-0.3, -0.25) is 4.79 Å². The monoisotopic (exact) mass is 385 g/mol. The van der Waals surface area contributed by atoms with Crippen LogP contribution in [0.3, 0.4) is 0 Å². The zero-order chi connectivity index (χ0) is 17.9. The quantitative estimate of drug-likeness (QED) is 0.474. The molecule has 1 atom stereocenters. The van der Waals surface area contributed by atoms with Crippen LogP contribution in [0.4, 0.5) is 5.13 Å². The molecular formula is C19H19N3O2S2. The summed E-state index contributed by atoms with van der Waals surface area (Å²) in [5.41, 5.74) is 3.51. The second-order valence-corrected chi connectivity index (χ2v) is 8.83. The molecule has 0 saturated heterocycles. The molecule has 4 rings (SSSR count). The van der Waals surface area contributed by atoms with E-state index in [1.165, 1.54) is 40.6 Å². The van der Waals surface area contributed by atoms with Crippen LogP contribution in [-0.2, 0) is 19.4 Å². The smallest absolute Gasteiger partial charge is 0.206 e. The van der Waals surface area contributed by atoms with Crippen LogP contribution in [0.2, 0.25) is 0 Å². The first-order valence-corrected chi connectivity index (χ1v) is 10.3. The summed E-state index contributed by atoms with van der Waals surface area (Å²) in [6.45, 7) is 2.49. The number of aryl methyl sites for hydroxylation is 2. The summed E-state index contributed by atoms with van der Waals surface area (Å²) < 4.78 is 6.07. The predicted octanol–water partition coefficient (Wildman–Crippen LogP) is 4.60. The molecule has 0 unspecified atom stereocenters. The normalized spacial score (nSPS) is 14.2. The lowest BCUT2D eigenvalue weighted by Crippen LogP contribution is -2.13. The molecule has 0 amide bonds. The summed E-state index contributed by atoms with van der Waals surface area (Å²) in [4.78, 5) is 12.7. The fourth-order valence-electron chi connectivity index (χ4n) is 3.07. The lowest BCUT2D eigenvalue weighted by atomic mass is 10.0. The number of carbonyl (C=O) groups excluding carboxylic acids is 1. The van der Waals surface area contributed by atoms with Crippen LogP contribution < -0.4 is 5.32 Å². The van der Waals surface area contributed by atoms with E-state index >= 15 is 0 Å². The van der Waals surface area contributed by atoms with Crippen LogP contribution in [0.15, 0.2) is 45.4 Å². The van der Waals surface area contributed by atoms with Crippen molar-refractivity contribution in [2.75, 3.05) is 5.32 Å². The molecule has 3 aromatic rings. The number of thioether (sulfide) groups is 1. The molecule has 5 nitrogen and oxygen atoms in total. The molecule has 0 bridgehead atoms. The number of Topliss-reactive ketones (excluding diaryl/α,β-unsaturated/α-hetero) is 1. The average Bonchev–Trinajstić information content (AvgIpc) is 3.40. The third kappa shape index (κ3) is 3.83. The summed E-state index contributed by atoms with van der Waals surface area (Å²) >= 11 is 2.91. The number of aromatic nitrogens is 2. The number of furan rings is 1. The van der Waals surface area contributed by atoms with Gasteiger partial charge in [-0.25, -0.2) is 0 Å². The highest BCUT2D eigenvalue weighted by Gasteiger charge is 2.21. The second kappa shape index (κ2) is 7.63. The molecule has 26 heavy (non-hydrogen) atoms. The number of ketones is 1. The molecule has 1 aromatic carbocycles. The highest BCUT2D eigenvalue weighted by atomic mass is 32.2. The summed E-state index contributed by atoms with van der Waals surface area (Å²) in [5, 5.41) is 12.0. The Bertz CT molecular complexity index is 905. The number of nitrogens with one attached hydrogen (secondary N) is 1. The van der Waals surface area contributed by atoms with Crippen LogP contribution in [-0.4, -0.2) is 21.2 Å². The van der Waals surface area contributed by atoms with Gasteiger partial charge in [-0.05, 0) is 55.5 Å². The van der Waals surface area contributed by atoms with Gasteiger partial charge in [-0.2, -0.15) is 0 Å². The number of hydrogen-bond donors (Lipinski definition) is 1. The van der Waals surface area contributed by atoms with Crippen molar-refractivity contribution in [3.63, 3.8) is 0 Å². The number of fused-ring (bicyclic) bond motifs is 1. The lowest BCUT2D eigenvalue weighted by molar-refractivity contribution is 0.0994. The summed E-state index contributed by atoms with van der Waals surface area (Å²) in [6, 6.07) is 9.89. The molecule has 0 fully saturated rings. The minimum Gasteiger partial charge on any atom is -0.467 e. The van der Waals surface area contributed by atoms with Crippen molar-refractivity contribution in [2.24, 2.45) is 0 Å². The van der Waals surface area contributed by atoms with Crippen molar-refractivity contribution in [3.05, 3.63) is 59.0 Å². The van der Waals surface area contributed by atoms with Gasteiger partial charge in [0, 0.05) is 5.56 Å². The maximum atomic E-state index is 12.7. The van der Waals surface area contributed by atoms with Gasteiger partial charge >= 0.3 is 0 Å². The van der Waals surface area contributed by atoms with Gasteiger partial charge in [-0.1, -0.05) is 35.2 Å². The fraction of sp³-hybridized carbons (Fsp3) is 0.316. The van der Waals surface area contributed by atoms with E-state index in [1.54, 1.807) is 6.26 Å². The maximum absolute atomic E-state index is 12.7. The largest absolute Gasteiger partial charge is 0.467 e. The Morgan fingerprint density at radius 2 is 2.19 bits per heavy atom. The zero-order valence-corrected chi connectivity index (χ0v) is 16.0. The predicted molar refractivity (Wildman–Crippen MR) is 104 cm³/mol. The first-order valence-electron chi connectivity index (χ1n) is 8.61. The van der Waals surface area contributed by atoms with Crippen molar-refractivity contribution in [2.45, 2.75) is 42.3 Å². The number of anilines is 1. The van der Waals surface area contributed by atoms with Crippen molar-refractivity contribution in [1.82, 2.24) is 10.2 Å². The van der Waals surface area contributed by atoms with Crippen molar-refractivity contribution in [1.29, 1.82) is 0 Å². The van der Waals surface area contributed by atoms with Crippen LogP contribution in [0.5, 0.6) is 0 Å². The first-order chi connectivity index (χ1) is 12.7. The SMILES string of the molecule is C[C@@H](Sc1nnc(NCc2ccco2)s1)C(=O)c1ccc2c(c1)CCC2. The van der Waals surface area contributed by atoms with Crippen LogP contribution in [0, 0.1) is 0 Å². The molecule has 0 saturated carbocycles. The highest BCUT2D eigenvalue weighted by molar-refractivity contribution is 8.02. The molecule has 1 N–H and O–H groups in total. The molecule has 134 valence electrons. The molecular weight excluding hydrogens is 366 g/mol. The van der Waals surface area contributed by atoms with Crippen molar-refractivity contribution >= 4 is 34.0 Å². The summed E-state index contributed by atoms with van der Waals surface area (Å²) in [5.74, 6) is 0.986. The number of nitrogens with zero attached hydrogens (tertiary/aromatic N) is 2. The van der Waals surface area contributed by atoms with Gasteiger partial charge in [0.05, 0.1) is 18.1 Å². The Kier molecular flexibility index (Phi) is 5.08. The fourth-order valence-corrected chi connectivity index (χ4v) is 5.04. The maximum Gasteiger partial charge on any atom is 0.206 e. The molecule has 0 radical (unpaired) electrons. The lowest BCUT2D eigenvalue weighted by Gasteiger charge is -2.09. The Morgan fingerprint density at radius 3 is 3.04 bits per heavy atom. The van der Waals surface area contributed by atoms with E-state index < -0.39 is 0 Å². The molecule has 7 heteroatoms. The van der Waals surface area contributed by atoms with E-state index in [4.69, 9.17) is 4.42 Å². The number of hydrogen-bond acceptors (Lipinski definition) is 7. The number of carbonyl (C=O) groups is 1. The van der Waals surface area contributed by atoms with E-state index in [9.17, 15) is 4.79 Å². The van der Waals surface area contributed by atoms with Gasteiger partial charge in [0.1, 0.15) is 5.76 Å². The van der Waals surface area contributed by atoms with Crippen LogP contribution in [0.25, 0.3) is 0 Å². The summed E-state index contributed by atoms with van der Waals surface area (Å²) in [7, 11) is 0. The second-order valence-electron chi connectivity index (χ2n) is 6.27. The Balaban J connectivity index is 1.37. The van der Waals surface area contributed by atoms with Crippen molar-refractivity contribution in [3.8, 4) is 0 Å². The van der Waals surface area contributed by atoms with E-state index in [0.29, 0.717) is 6.54 Å². The average molecular weight is 386 g/mol. The third-order valence-corrected chi connectivity index (χ3v) is 6.50. The van der Waals surface area contributed by atoms with Crippen LogP contribution >= 0.6 is 23.1 Å². The van der Waals surface area contributed by atoms with Crippen LogP contribution in [0.1, 0.15) is 40.6 Å². The van der Waals surface area contributed by atoms with Gasteiger partial charge in [-0.15, -0.1) is 10.2 Å². The zero-order valence-electron chi connectivity index (χ0n) is 14.4. The minimum atomic E-state index is -0.194. The van der Waals surface area contributed by atoms with Gasteiger partial charge in [0.2, 0.25) is 5.13 Å². The standard InChI is InChI=1S/C19H19N3O2S2/c1-12(17(23)15-8-7-13-4-2-5-14(13)10-15)25-19-22-21-18(26-19)20-11-16-6-3-9-24-16/h3,6-10,12H,2,4-5,11H2,1H3,(H,20,21)/t12-/m1/s1. The van der Waals surface area contributed by atoms with E-state index in [1.807, 2.05) is 25.1 Å². The number of benzene rings is 1. The molecule has 0 aliphatic heterocycles. The summed E-state index contributed by atoms with van der Waals surface area (Å²) in [6.07, 6.45) is 5.05. The Morgan fingerprint density at radius 1 is 1.31 bits per heavy atom. The highest BCUT2D eigenvalue weighted by Crippen LogP contribution is 2.31. The third-order valence-electron chi connectivity index (χ3n) is 4.43. The molecule has 1 aliphatic rings. The molecule has 1 aliphatic carbocycles. The topological polar surface area (TPSA) is 68.0 Å².